The number of nitrogens with zero attached hydrogens (tertiary/aromatic N) is 1. The van der Waals surface area contributed by atoms with E-state index in [2.05, 4.69) is 0 Å². The second-order valence-electron chi connectivity index (χ2n) is 6.96. The van der Waals surface area contributed by atoms with Crippen molar-refractivity contribution in [2.24, 2.45) is 11.8 Å². The Morgan fingerprint density at radius 3 is 2.68 bits per heavy atom. The highest BCUT2D eigenvalue weighted by molar-refractivity contribution is 5.98. The number of furan rings is 1. The molecule has 130 valence electrons. The van der Waals surface area contributed by atoms with Gasteiger partial charge in [-0.25, -0.2) is 4.39 Å². The van der Waals surface area contributed by atoms with Gasteiger partial charge in [0.05, 0.1) is 6.26 Å². The average molecular weight is 341 g/mol. The SMILES string of the molecule is O=C(c1ccc(F)cc1)[C@@H]1CCCN(C(=O)[C@@H]2C[C@@H]2c2ccco2)C1. The van der Waals surface area contributed by atoms with Gasteiger partial charge in [0.2, 0.25) is 5.91 Å². The van der Waals surface area contributed by atoms with E-state index in [-0.39, 0.29) is 35.3 Å². The number of Topliss-reactive ketones (excluding diaryl/α,β-unsaturated/α-hetero) is 1. The Labute approximate surface area is 145 Å². The molecule has 1 saturated heterocycles. The Kier molecular flexibility index (Phi) is 4.15. The minimum absolute atomic E-state index is 0.00381. The molecular weight excluding hydrogens is 321 g/mol. The van der Waals surface area contributed by atoms with Gasteiger partial charge in [0.1, 0.15) is 11.6 Å². The van der Waals surface area contributed by atoms with Gasteiger partial charge in [0.25, 0.3) is 0 Å². The first-order chi connectivity index (χ1) is 12.1. The summed E-state index contributed by atoms with van der Waals surface area (Å²) in [6.45, 7) is 1.16. The maximum Gasteiger partial charge on any atom is 0.226 e. The van der Waals surface area contributed by atoms with E-state index in [0.29, 0.717) is 18.7 Å². The van der Waals surface area contributed by atoms with E-state index in [1.54, 1.807) is 6.26 Å². The normalized spacial score (nSPS) is 25.6. The topological polar surface area (TPSA) is 50.5 Å². The van der Waals surface area contributed by atoms with Gasteiger partial charge in [-0.15, -0.1) is 0 Å². The van der Waals surface area contributed by atoms with Crippen LogP contribution < -0.4 is 0 Å². The van der Waals surface area contributed by atoms with E-state index in [4.69, 9.17) is 4.42 Å². The predicted molar refractivity (Wildman–Crippen MR) is 89.6 cm³/mol. The molecule has 0 radical (unpaired) electrons. The lowest BCUT2D eigenvalue weighted by Crippen LogP contribution is -2.43. The summed E-state index contributed by atoms with van der Waals surface area (Å²) in [5.41, 5.74) is 0.514. The maximum absolute atomic E-state index is 13.0. The van der Waals surface area contributed by atoms with Crippen molar-refractivity contribution in [3.63, 3.8) is 0 Å². The molecule has 2 aromatic rings. The van der Waals surface area contributed by atoms with Crippen molar-refractivity contribution in [1.82, 2.24) is 4.90 Å². The lowest BCUT2D eigenvalue weighted by atomic mass is 9.89. The summed E-state index contributed by atoms with van der Waals surface area (Å²) in [6, 6.07) is 9.40. The van der Waals surface area contributed by atoms with Gasteiger partial charge in [0, 0.05) is 36.4 Å². The summed E-state index contributed by atoms with van der Waals surface area (Å²) >= 11 is 0. The Morgan fingerprint density at radius 1 is 1.16 bits per heavy atom. The molecule has 5 heteroatoms. The van der Waals surface area contributed by atoms with Crippen LogP contribution in [0.5, 0.6) is 0 Å². The molecule has 0 spiro atoms. The zero-order chi connectivity index (χ0) is 17.4. The molecule has 0 bridgehead atoms. The fraction of sp³-hybridized carbons (Fsp3) is 0.400. The van der Waals surface area contributed by atoms with Gasteiger partial charge in [-0.2, -0.15) is 0 Å². The zero-order valence-corrected chi connectivity index (χ0v) is 13.9. The number of halogens is 1. The number of carbonyl (C=O) groups excluding carboxylic acids is 2. The number of piperidine rings is 1. The molecule has 4 rings (SSSR count). The van der Waals surface area contributed by atoms with Gasteiger partial charge in [-0.3, -0.25) is 9.59 Å². The van der Waals surface area contributed by atoms with E-state index in [0.717, 1.165) is 25.0 Å². The molecule has 1 aromatic heterocycles. The third-order valence-corrected chi connectivity index (χ3v) is 5.25. The van der Waals surface area contributed by atoms with Gasteiger partial charge in [-0.1, -0.05) is 0 Å². The van der Waals surface area contributed by atoms with Crippen LogP contribution in [0.1, 0.15) is 41.3 Å². The van der Waals surface area contributed by atoms with Crippen LogP contribution >= 0.6 is 0 Å². The second kappa shape index (κ2) is 6.47. The van der Waals surface area contributed by atoms with Crippen molar-refractivity contribution >= 4 is 11.7 Å². The quantitative estimate of drug-likeness (QED) is 0.798. The fourth-order valence-corrected chi connectivity index (χ4v) is 3.76. The molecule has 1 amide bonds. The molecule has 4 nitrogen and oxygen atoms in total. The molecule has 1 aromatic carbocycles. The number of amides is 1. The third kappa shape index (κ3) is 3.23. The molecule has 1 saturated carbocycles. The van der Waals surface area contributed by atoms with Crippen molar-refractivity contribution in [2.75, 3.05) is 13.1 Å². The maximum atomic E-state index is 13.0. The average Bonchev–Trinajstić information content (AvgIpc) is 3.25. The van der Waals surface area contributed by atoms with Crippen molar-refractivity contribution in [3.05, 3.63) is 59.8 Å². The first-order valence-electron chi connectivity index (χ1n) is 8.75. The molecule has 1 aliphatic carbocycles. The van der Waals surface area contributed by atoms with Crippen LogP contribution in [0.25, 0.3) is 0 Å². The van der Waals surface area contributed by atoms with Crippen LogP contribution in [0.4, 0.5) is 4.39 Å². The zero-order valence-electron chi connectivity index (χ0n) is 13.9. The summed E-state index contributed by atoms with van der Waals surface area (Å²) in [5.74, 6) is 0.586. The first-order valence-corrected chi connectivity index (χ1v) is 8.75. The van der Waals surface area contributed by atoms with Crippen LogP contribution in [0.2, 0.25) is 0 Å². The monoisotopic (exact) mass is 341 g/mol. The highest BCUT2D eigenvalue weighted by atomic mass is 19.1. The first kappa shape index (κ1) is 16.1. The highest BCUT2D eigenvalue weighted by Crippen LogP contribution is 2.48. The Bertz CT molecular complexity index is 769. The van der Waals surface area contributed by atoms with E-state index in [1.807, 2.05) is 17.0 Å². The third-order valence-electron chi connectivity index (χ3n) is 5.25. The Balaban J connectivity index is 1.40. The number of likely N-dealkylation sites (tertiary alicyclic amines) is 1. The summed E-state index contributed by atoms with van der Waals surface area (Å²) in [4.78, 5) is 27.2. The highest BCUT2D eigenvalue weighted by Gasteiger charge is 2.48. The number of hydrogen-bond donors (Lipinski definition) is 0. The largest absolute Gasteiger partial charge is 0.469 e. The summed E-state index contributed by atoms with van der Waals surface area (Å²) in [7, 11) is 0. The lowest BCUT2D eigenvalue weighted by molar-refractivity contribution is -0.134. The van der Waals surface area contributed by atoms with Crippen molar-refractivity contribution in [2.45, 2.75) is 25.2 Å². The van der Waals surface area contributed by atoms with Crippen molar-refractivity contribution in [1.29, 1.82) is 0 Å². The summed E-state index contributed by atoms with van der Waals surface area (Å²) < 4.78 is 18.4. The molecule has 2 fully saturated rings. The standard InChI is InChI=1S/C20H20FNO3/c21-15-7-5-13(6-8-15)19(23)14-3-1-9-22(12-14)20(24)17-11-16(17)18-4-2-10-25-18/h2,4-8,10,14,16-17H,1,3,9,11-12H2/t14-,16+,17-/m1/s1. The van der Waals surface area contributed by atoms with Crippen LogP contribution in [0.3, 0.4) is 0 Å². The molecule has 2 aliphatic rings. The minimum Gasteiger partial charge on any atom is -0.469 e. The number of rotatable bonds is 4. The van der Waals surface area contributed by atoms with Gasteiger partial charge in [0.15, 0.2) is 5.78 Å². The van der Waals surface area contributed by atoms with E-state index >= 15 is 0 Å². The summed E-state index contributed by atoms with van der Waals surface area (Å²) in [6.07, 6.45) is 4.04. The number of ketones is 1. The predicted octanol–water partition coefficient (Wildman–Crippen LogP) is 3.64. The van der Waals surface area contributed by atoms with Crippen LogP contribution in [0.15, 0.2) is 47.1 Å². The van der Waals surface area contributed by atoms with Crippen molar-refractivity contribution in [3.8, 4) is 0 Å². The lowest BCUT2D eigenvalue weighted by Gasteiger charge is -2.32. The van der Waals surface area contributed by atoms with Crippen LogP contribution in [0, 0.1) is 17.7 Å². The molecule has 2 heterocycles. The molecule has 1 aliphatic heterocycles. The summed E-state index contributed by atoms with van der Waals surface area (Å²) in [5, 5.41) is 0. The number of carbonyl (C=O) groups is 2. The molecule has 0 unspecified atom stereocenters. The second-order valence-corrected chi connectivity index (χ2v) is 6.96. The van der Waals surface area contributed by atoms with E-state index < -0.39 is 0 Å². The minimum atomic E-state index is -0.352. The van der Waals surface area contributed by atoms with Gasteiger partial charge < -0.3 is 9.32 Å². The fourth-order valence-electron chi connectivity index (χ4n) is 3.76. The van der Waals surface area contributed by atoms with E-state index in [9.17, 15) is 14.0 Å². The molecular formula is C20H20FNO3. The van der Waals surface area contributed by atoms with Crippen LogP contribution in [-0.4, -0.2) is 29.7 Å². The van der Waals surface area contributed by atoms with Gasteiger partial charge in [-0.05, 0) is 55.7 Å². The Morgan fingerprint density at radius 2 is 1.96 bits per heavy atom. The molecule has 3 atom stereocenters. The molecule has 25 heavy (non-hydrogen) atoms. The van der Waals surface area contributed by atoms with E-state index in [1.165, 1.54) is 24.3 Å². The van der Waals surface area contributed by atoms with Crippen molar-refractivity contribution < 1.29 is 18.4 Å². The van der Waals surface area contributed by atoms with Crippen LogP contribution in [-0.2, 0) is 4.79 Å². The number of benzene rings is 1. The smallest absolute Gasteiger partial charge is 0.226 e. The van der Waals surface area contributed by atoms with Gasteiger partial charge >= 0.3 is 0 Å². The number of hydrogen-bond acceptors (Lipinski definition) is 3. The Hall–Kier alpha value is -2.43. The molecule has 0 N–H and O–H groups in total.